The molecular weight excluding hydrogens is 536 g/mol. The van der Waals surface area contributed by atoms with Gasteiger partial charge in [0.1, 0.15) is 42.7 Å². The van der Waals surface area contributed by atoms with Crippen LogP contribution in [0.3, 0.4) is 0 Å². The number of carboxylic acid groups (broad SMARTS) is 1. The number of fused-ring (bicyclic) bond motifs is 2. The van der Waals surface area contributed by atoms with Crippen LogP contribution < -0.4 is 15.2 Å². The molecular formula is C24H23N5O11. The lowest BCUT2D eigenvalue weighted by atomic mass is 9.96. The molecule has 210 valence electrons. The number of hydrogen-bond donors (Lipinski definition) is 4. The summed E-state index contributed by atoms with van der Waals surface area (Å²) in [5, 5.41) is 31.0. The highest BCUT2D eigenvalue weighted by molar-refractivity contribution is 5.91. The van der Waals surface area contributed by atoms with E-state index in [-0.39, 0.29) is 34.2 Å². The van der Waals surface area contributed by atoms with E-state index >= 15 is 0 Å². The molecule has 0 radical (unpaired) electrons. The van der Waals surface area contributed by atoms with Crippen LogP contribution in [-0.2, 0) is 35.2 Å². The Kier molecular flexibility index (Phi) is 6.74. The maximum absolute atomic E-state index is 13.2. The summed E-state index contributed by atoms with van der Waals surface area (Å²) in [4.78, 5) is 48.3. The third kappa shape index (κ3) is 4.42. The lowest BCUT2D eigenvalue weighted by Crippen LogP contribution is -2.54. The molecule has 16 heteroatoms. The van der Waals surface area contributed by atoms with Crippen molar-refractivity contribution in [1.82, 2.24) is 19.5 Å². The van der Waals surface area contributed by atoms with Crippen LogP contribution in [0.25, 0.3) is 11.2 Å². The number of carbonyl (C=O) groups is 3. The Morgan fingerprint density at radius 1 is 1.27 bits per heavy atom. The number of aliphatic hydroxyl groups is 2. The zero-order valence-electron chi connectivity index (χ0n) is 21.0. The summed E-state index contributed by atoms with van der Waals surface area (Å²) in [6, 6.07) is 4.35. The fourth-order valence-electron chi connectivity index (χ4n) is 4.42. The standard InChI is InChI=1S/C24H23N5O11/c1-10(30)38-12-4-3-11(5-13(12)36-2)7-37-23(35)24(18(32)22(33)34)6-14-17(40-24)16(31)21(39-14)29-9-28-15-19(25)26-8-27-20(15)29/h3-6,8-9,16-18,21,31-32H,7H2,1-2H3,(H,33,34)(H2,25,26,27)/t16-,17-,18+,21-,24+/m1/s1/i8+2. The Bertz CT molecular complexity index is 1540. The SMILES string of the molecule is COc1cc(COC(=O)[C@@]2([C@@H](O)C(=O)O)C=C3O[C@@H](n4cnc5c(N)n[14cH]nc54)[C@H](O)[C@@H]3O2)ccc1OC(C)=O. The van der Waals surface area contributed by atoms with Crippen LogP contribution in [0.15, 0.2) is 42.7 Å². The monoisotopic (exact) mass is 559 g/mol. The number of anilines is 1. The molecule has 1 aromatic carbocycles. The first kappa shape index (κ1) is 26.8. The average molecular weight is 559 g/mol. The van der Waals surface area contributed by atoms with Gasteiger partial charge in [-0.3, -0.25) is 9.36 Å². The highest BCUT2D eigenvalue weighted by atomic mass is 16.6. The molecule has 4 heterocycles. The molecule has 2 aliphatic rings. The molecule has 0 unspecified atom stereocenters. The van der Waals surface area contributed by atoms with Crippen LogP contribution in [0, 0.1) is 0 Å². The second-order valence-electron chi connectivity index (χ2n) is 8.86. The van der Waals surface area contributed by atoms with Gasteiger partial charge in [-0.05, 0) is 17.7 Å². The summed E-state index contributed by atoms with van der Waals surface area (Å²) in [7, 11) is 1.35. The van der Waals surface area contributed by atoms with Gasteiger partial charge in [-0.1, -0.05) is 6.07 Å². The van der Waals surface area contributed by atoms with E-state index in [1.54, 1.807) is 0 Å². The second kappa shape index (κ2) is 10.1. The summed E-state index contributed by atoms with van der Waals surface area (Å²) in [5.74, 6) is -3.28. The Hall–Kier alpha value is -4.80. The van der Waals surface area contributed by atoms with Crippen molar-refractivity contribution in [3.63, 3.8) is 0 Å². The molecule has 0 spiro atoms. The number of aromatic nitrogens is 4. The van der Waals surface area contributed by atoms with E-state index in [1.807, 2.05) is 0 Å². The van der Waals surface area contributed by atoms with Gasteiger partial charge in [0.25, 0.3) is 0 Å². The van der Waals surface area contributed by atoms with Gasteiger partial charge in [0.15, 0.2) is 29.1 Å². The molecule has 0 bridgehead atoms. The zero-order valence-corrected chi connectivity index (χ0v) is 21.0. The van der Waals surface area contributed by atoms with E-state index in [0.29, 0.717) is 5.56 Å². The minimum absolute atomic E-state index is 0.106. The summed E-state index contributed by atoms with van der Waals surface area (Å²) in [6.45, 7) is 0.827. The summed E-state index contributed by atoms with van der Waals surface area (Å²) in [6.07, 6.45) is -2.86. The van der Waals surface area contributed by atoms with Gasteiger partial charge < -0.3 is 44.7 Å². The van der Waals surface area contributed by atoms with Crippen molar-refractivity contribution >= 4 is 34.9 Å². The maximum Gasteiger partial charge on any atom is 0.346 e. The van der Waals surface area contributed by atoms with Crippen molar-refractivity contribution in [1.29, 1.82) is 0 Å². The number of aliphatic hydroxyl groups excluding tert-OH is 2. The molecule has 16 nitrogen and oxygen atoms in total. The van der Waals surface area contributed by atoms with Gasteiger partial charge in [-0.15, -0.1) is 0 Å². The first-order valence-electron chi connectivity index (χ1n) is 11.7. The van der Waals surface area contributed by atoms with Crippen LogP contribution in [0.4, 0.5) is 5.82 Å². The van der Waals surface area contributed by atoms with E-state index in [0.717, 1.165) is 6.08 Å². The molecule has 2 aromatic heterocycles. The van der Waals surface area contributed by atoms with Crippen molar-refractivity contribution in [2.24, 2.45) is 0 Å². The number of ether oxygens (including phenoxy) is 5. The largest absolute Gasteiger partial charge is 0.493 e. The predicted molar refractivity (Wildman–Crippen MR) is 129 cm³/mol. The van der Waals surface area contributed by atoms with Crippen LogP contribution in [-0.4, -0.2) is 83.8 Å². The smallest absolute Gasteiger partial charge is 0.346 e. The van der Waals surface area contributed by atoms with Gasteiger partial charge in [-0.2, -0.15) is 0 Å². The lowest BCUT2D eigenvalue weighted by Gasteiger charge is -2.30. The van der Waals surface area contributed by atoms with E-state index in [9.17, 15) is 29.7 Å². The number of imidazole rings is 1. The molecule has 1 fully saturated rings. The van der Waals surface area contributed by atoms with Gasteiger partial charge in [0.05, 0.1) is 7.11 Å². The molecule has 5 atom stereocenters. The van der Waals surface area contributed by atoms with Gasteiger partial charge >= 0.3 is 17.9 Å². The fourth-order valence-corrected chi connectivity index (χ4v) is 4.42. The number of carbonyl (C=O) groups excluding carboxylic acids is 2. The summed E-state index contributed by atoms with van der Waals surface area (Å²) < 4.78 is 28.4. The predicted octanol–water partition coefficient (Wildman–Crippen LogP) is -0.557. The number of rotatable bonds is 8. The molecule has 3 aromatic rings. The molecule has 1 saturated heterocycles. The van der Waals surface area contributed by atoms with E-state index in [2.05, 4.69) is 15.0 Å². The lowest BCUT2D eigenvalue weighted by molar-refractivity contribution is -0.195. The molecule has 5 rings (SSSR count). The molecule has 2 aliphatic heterocycles. The third-order valence-corrected chi connectivity index (χ3v) is 6.29. The second-order valence-corrected chi connectivity index (χ2v) is 8.86. The maximum atomic E-state index is 13.2. The van der Waals surface area contributed by atoms with Gasteiger partial charge in [0.2, 0.25) is 11.8 Å². The van der Waals surface area contributed by atoms with Crippen LogP contribution in [0.5, 0.6) is 11.5 Å². The number of methoxy groups -OCH3 is 1. The first-order valence-corrected chi connectivity index (χ1v) is 11.7. The van der Waals surface area contributed by atoms with Crippen LogP contribution in [0.2, 0.25) is 0 Å². The fraction of sp³-hybridized carbons (Fsp3) is 0.333. The van der Waals surface area contributed by atoms with E-state index in [1.165, 1.54) is 49.5 Å². The third-order valence-electron chi connectivity index (χ3n) is 6.29. The summed E-state index contributed by atoms with van der Waals surface area (Å²) in [5.41, 5.74) is 4.18. The van der Waals surface area contributed by atoms with Crippen molar-refractivity contribution in [3.05, 3.63) is 48.3 Å². The quantitative estimate of drug-likeness (QED) is 0.200. The van der Waals surface area contributed by atoms with Crippen molar-refractivity contribution in [2.75, 3.05) is 12.8 Å². The van der Waals surface area contributed by atoms with Crippen LogP contribution >= 0.6 is 0 Å². The summed E-state index contributed by atoms with van der Waals surface area (Å²) >= 11 is 0. The van der Waals surface area contributed by atoms with Crippen molar-refractivity contribution in [3.8, 4) is 11.5 Å². The first-order chi connectivity index (χ1) is 19.1. The van der Waals surface area contributed by atoms with E-state index < -0.39 is 54.7 Å². The van der Waals surface area contributed by atoms with Crippen molar-refractivity contribution < 1.29 is 53.4 Å². The topological polar surface area (TPSA) is 228 Å². The van der Waals surface area contributed by atoms with Crippen molar-refractivity contribution in [2.45, 2.75) is 43.7 Å². The minimum atomic E-state index is -2.54. The van der Waals surface area contributed by atoms with Crippen LogP contribution in [0.1, 0.15) is 18.7 Å². The Morgan fingerprint density at radius 3 is 2.73 bits per heavy atom. The Balaban J connectivity index is 1.39. The molecule has 0 saturated carbocycles. The number of benzene rings is 1. The molecule has 40 heavy (non-hydrogen) atoms. The average Bonchev–Trinajstić information content (AvgIpc) is 3.60. The Morgan fingerprint density at radius 2 is 2.05 bits per heavy atom. The molecule has 5 N–H and O–H groups in total. The molecule has 0 amide bonds. The number of hydrogen-bond acceptors (Lipinski definition) is 14. The number of aliphatic carboxylic acids is 1. The zero-order chi connectivity index (χ0) is 28.8. The number of nitrogen functional groups attached to an aromatic ring is 1. The van der Waals surface area contributed by atoms with E-state index in [4.69, 9.17) is 29.4 Å². The van der Waals surface area contributed by atoms with Gasteiger partial charge in [-0.25, -0.2) is 24.5 Å². The Labute approximate surface area is 224 Å². The molecule has 0 aliphatic carbocycles. The van der Waals surface area contributed by atoms with Gasteiger partial charge in [0, 0.05) is 13.0 Å². The number of nitrogens with zero attached hydrogens (tertiary/aromatic N) is 4. The normalized spacial score (nSPS) is 24.1. The minimum Gasteiger partial charge on any atom is -0.493 e. The number of esters is 2. The number of nitrogens with two attached hydrogens (primary N) is 1. The highest BCUT2D eigenvalue weighted by Gasteiger charge is 2.61. The number of carboxylic acids is 1. The highest BCUT2D eigenvalue weighted by Crippen LogP contribution is 2.45.